The summed E-state index contributed by atoms with van der Waals surface area (Å²) in [5.74, 6) is -1.03. The van der Waals surface area contributed by atoms with E-state index >= 15 is 0 Å². The van der Waals surface area contributed by atoms with Crippen molar-refractivity contribution in [3.63, 3.8) is 0 Å². The third kappa shape index (κ3) is 3.52. The Hall–Kier alpha value is -3.77. The second-order valence-electron chi connectivity index (χ2n) is 8.08. The molecule has 1 aliphatic heterocycles. The van der Waals surface area contributed by atoms with E-state index in [1.807, 2.05) is 24.3 Å². The van der Waals surface area contributed by atoms with Crippen LogP contribution in [-0.4, -0.2) is 29.2 Å². The predicted octanol–water partition coefficient (Wildman–Crippen LogP) is 5.85. The van der Waals surface area contributed by atoms with Gasteiger partial charge in [0.25, 0.3) is 5.91 Å². The van der Waals surface area contributed by atoms with Gasteiger partial charge in [0.2, 0.25) is 0 Å². The Kier molecular flexibility index (Phi) is 5.10. The summed E-state index contributed by atoms with van der Waals surface area (Å²) in [6.07, 6.45) is 3.99. The van der Waals surface area contributed by atoms with Gasteiger partial charge in [-0.15, -0.1) is 0 Å². The molecule has 0 aromatic heterocycles. The maximum absolute atomic E-state index is 13.7. The number of aromatic hydroxyl groups is 1. The third-order valence-electron chi connectivity index (χ3n) is 6.03. The molecule has 2 aliphatic rings. The standard InChI is InChI=1S/C26H20ClNO5/c1-33-23-7-3-6-21-24(23)19(13-18-16(14-8-9-14)4-2-5-20(18)27)25(30)28(21)15-10-11-17(26(31)32)22(29)12-15/h2-7,10-14,29H,8-9H2,1H3,(H,31,32)/b19-13-. The Morgan fingerprint density at radius 1 is 1.15 bits per heavy atom. The van der Waals surface area contributed by atoms with Gasteiger partial charge in [-0.1, -0.05) is 29.8 Å². The van der Waals surface area contributed by atoms with Gasteiger partial charge in [-0.2, -0.15) is 0 Å². The molecule has 3 aromatic rings. The number of aromatic carboxylic acids is 1. The van der Waals surface area contributed by atoms with Crippen molar-refractivity contribution in [3.8, 4) is 11.5 Å². The van der Waals surface area contributed by atoms with Gasteiger partial charge in [-0.25, -0.2) is 4.79 Å². The number of hydrogen-bond acceptors (Lipinski definition) is 4. The van der Waals surface area contributed by atoms with Crippen LogP contribution >= 0.6 is 11.6 Å². The fourth-order valence-corrected chi connectivity index (χ4v) is 4.55. The van der Waals surface area contributed by atoms with Crippen molar-refractivity contribution in [1.82, 2.24) is 0 Å². The molecule has 166 valence electrons. The lowest BCUT2D eigenvalue weighted by molar-refractivity contribution is -0.112. The largest absolute Gasteiger partial charge is 0.507 e. The van der Waals surface area contributed by atoms with E-state index in [1.165, 1.54) is 23.1 Å². The van der Waals surface area contributed by atoms with Gasteiger partial charge in [0.05, 0.1) is 29.6 Å². The molecule has 0 bridgehead atoms. The number of nitrogens with zero attached hydrogens (tertiary/aromatic N) is 1. The van der Waals surface area contributed by atoms with Crippen LogP contribution in [0.15, 0.2) is 54.6 Å². The Bertz CT molecular complexity index is 1340. The van der Waals surface area contributed by atoms with Gasteiger partial charge in [0.1, 0.15) is 17.1 Å². The molecule has 3 aromatic carbocycles. The number of carbonyl (C=O) groups excluding carboxylic acids is 1. The van der Waals surface area contributed by atoms with Gasteiger partial charge < -0.3 is 14.9 Å². The van der Waals surface area contributed by atoms with Crippen LogP contribution in [0, 0.1) is 0 Å². The molecule has 5 rings (SSSR count). The van der Waals surface area contributed by atoms with Crippen molar-refractivity contribution in [2.24, 2.45) is 0 Å². The first-order valence-corrected chi connectivity index (χ1v) is 10.9. The molecule has 6 nitrogen and oxygen atoms in total. The number of carboxylic acid groups (broad SMARTS) is 1. The number of phenols is 1. The van der Waals surface area contributed by atoms with E-state index in [2.05, 4.69) is 0 Å². The maximum atomic E-state index is 13.7. The zero-order valence-electron chi connectivity index (χ0n) is 17.7. The Balaban J connectivity index is 1.70. The van der Waals surface area contributed by atoms with Crippen molar-refractivity contribution >= 4 is 46.5 Å². The number of fused-ring (bicyclic) bond motifs is 1. The SMILES string of the molecule is COc1cccc2c1/C(=C/c1c(Cl)cccc1C1CC1)C(=O)N2c1ccc(C(=O)O)c(O)c1. The molecule has 0 spiro atoms. The van der Waals surface area contributed by atoms with Gasteiger partial charge in [0.15, 0.2) is 0 Å². The number of amides is 1. The van der Waals surface area contributed by atoms with E-state index in [1.54, 1.807) is 25.3 Å². The highest BCUT2D eigenvalue weighted by molar-refractivity contribution is 6.40. The first-order valence-electron chi connectivity index (χ1n) is 10.5. The van der Waals surface area contributed by atoms with E-state index < -0.39 is 11.7 Å². The highest BCUT2D eigenvalue weighted by atomic mass is 35.5. The minimum absolute atomic E-state index is 0.239. The number of hydrogen-bond donors (Lipinski definition) is 2. The third-order valence-corrected chi connectivity index (χ3v) is 6.36. The topological polar surface area (TPSA) is 87.1 Å². The van der Waals surface area contributed by atoms with E-state index in [0.717, 1.165) is 24.0 Å². The lowest BCUT2D eigenvalue weighted by Crippen LogP contribution is -2.20. The number of carbonyl (C=O) groups is 2. The monoisotopic (exact) mass is 461 g/mol. The molecule has 0 atom stereocenters. The van der Waals surface area contributed by atoms with E-state index in [-0.39, 0.29) is 11.5 Å². The number of methoxy groups -OCH3 is 1. The Morgan fingerprint density at radius 3 is 2.58 bits per heavy atom. The maximum Gasteiger partial charge on any atom is 0.339 e. The number of rotatable bonds is 5. The van der Waals surface area contributed by atoms with E-state index in [0.29, 0.717) is 39.2 Å². The molecule has 2 N–H and O–H groups in total. The summed E-state index contributed by atoms with van der Waals surface area (Å²) >= 11 is 6.56. The van der Waals surface area contributed by atoms with Crippen LogP contribution in [0.5, 0.6) is 11.5 Å². The number of carboxylic acids is 1. The fourth-order valence-electron chi connectivity index (χ4n) is 4.31. The molecule has 0 radical (unpaired) electrons. The van der Waals surface area contributed by atoms with Crippen LogP contribution in [0.3, 0.4) is 0 Å². The highest BCUT2D eigenvalue weighted by Gasteiger charge is 2.37. The summed E-state index contributed by atoms with van der Waals surface area (Å²) in [4.78, 5) is 26.5. The average Bonchev–Trinajstić information content (AvgIpc) is 3.59. The predicted molar refractivity (Wildman–Crippen MR) is 127 cm³/mol. The number of anilines is 2. The van der Waals surface area contributed by atoms with Crippen LogP contribution < -0.4 is 9.64 Å². The van der Waals surface area contributed by atoms with E-state index in [9.17, 15) is 19.8 Å². The quantitative estimate of drug-likeness (QED) is 0.465. The number of halogens is 1. The summed E-state index contributed by atoms with van der Waals surface area (Å²) in [6.45, 7) is 0. The molecule has 1 amide bonds. The smallest absolute Gasteiger partial charge is 0.339 e. The lowest BCUT2D eigenvalue weighted by atomic mass is 9.98. The van der Waals surface area contributed by atoms with Gasteiger partial charge in [-0.05, 0) is 66.3 Å². The second-order valence-corrected chi connectivity index (χ2v) is 8.48. The molecule has 33 heavy (non-hydrogen) atoms. The number of benzene rings is 3. The van der Waals surface area contributed by atoms with Gasteiger partial charge >= 0.3 is 5.97 Å². The molecule has 1 saturated carbocycles. The molecule has 7 heteroatoms. The Labute approximate surface area is 195 Å². The van der Waals surface area contributed by atoms with Crippen LogP contribution in [0.4, 0.5) is 11.4 Å². The van der Waals surface area contributed by atoms with Crippen molar-refractivity contribution < 1.29 is 24.5 Å². The van der Waals surface area contributed by atoms with E-state index in [4.69, 9.17) is 16.3 Å². The summed E-state index contributed by atoms with van der Waals surface area (Å²) in [6, 6.07) is 15.2. The fraction of sp³-hybridized carbons (Fsp3) is 0.154. The van der Waals surface area contributed by atoms with Crippen LogP contribution in [0.1, 0.15) is 45.8 Å². The summed E-state index contributed by atoms with van der Waals surface area (Å²) in [7, 11) is 1.54. The average molecular weight is 462 g/mol. The molecule has 1 aliphatic carbocycles. The normalized spacial score (nSPS) is 16.2. The summed E-state index contributed by atoms with van der Waals surface area (Å²) in [5.41, 5.74) is 3.65. The molecule has 1 fully saturated rings. The van der Waals surface area contributed by atoms with Crippen molar-refractivity contribution in [2.45, 2.75) is 18.8 Å². The van der Waals surface area contributed by atoms with Crippen LogP contribution in [0.2, 0.25) is 5.02 Å². The molecule has 0 unspecified atom stereocenters. The first kappa shape index (κ1) is 21.1. The van der Waals surface area contributed by atoms with Gasteiger partial charge in [0, 0.05) is 11.1 Å². The molecule has 1 heterocycles. The zero-order valence-corrected chi connectivity index (χ0v) is 18.5. The molecule has 0 saturated heterocycles. The first-order chi connectivity index (χ1) is 15.9. The Morgan fingerprint density at radius 2 is 1.91 bits per heavy atom. The van der Waals surface area contributed by atoms with Crippen LogP contribution in [-0.2, 0) is 4.79 Å². The summed E-state index contributed by atoms with van der Waals surface area (Å²) in [5, 5.41) is 20.0. The van der Waals surface area contributed by atoms with Crippen LogP contribution in [0.25, 0.3) is 11.6 Å². The second kappa shape index (κ2) is 7.98. The minimum Gasteiger partial charge on any atom is -0.507 e. The number of ether oxygens (including phenoxy) is 1. The van der Waals surface area contributed by atoms with Crippen molar-refractivity contribution in [3.05, 3.63) is 81.9 Å². The highest BCUT2D eigenvalue weighted by Crippen LogP contribution is 2.49. The minimum atomic E-state index is -1.25. The summed E-state index contributed by atoms with van der Waals surface area (Å²) < 4.78 is 5.57. The zero-order chi connectivity index (χ0) is 23.3. The molecular formula is C26H20ClNO5. The van der Waals surface area contributed by atoms with Crippen molar-refractivity contribution in [1.29, 1.82) is 0 Å². The van der Waals surface area contributed by atoms with Gasteiger partial charge in [-0.3, -0.25) is 9.69 Å². The molecular weight excluding hydrogens is 442 g/mol. The van der Waals surface area contributed by atoms with Crippen molar-refractivity contribution in [2.75, 3.05) is 12.0 Å². The lowest BCUT2D eigenvalue weighted by Gasteiger charge is -2.18.